The van der Waals surface area contributed by atoms with Gasteiger partial charge in [0.05, 0.1) is 9.37 Å². The van der Waals surface area contributed by atoms with Crippen LogP contribution in [0, 0.1) is 6.92 Å². The first-order chi connectivity index (χ1) is 13.2. The fourth-order valence-corrected chi connectivity index (χ4v) is 5.20. The summed E-state index contributed by atoms with van der Waals surface area (Å²) in [5, 5.41) is 3.04. The van der Waals surface area contributed by atoms with E-state index in [1.807, 2.05) is 6.92 Å². The first kappa shape index (κ1) is 20.5. The quantitative estimate of drug-likeness (QED) is 0.463. The summed E-state index contributed by atoms with van der Waals surface area (Å²) in [4.78, 5) is 9.21. The maximum Gasteiger partial charge on any atom is 0.249 e. The Bertz CT molecular complexity index is 1120. The van der Waals surface area contributed by atoms with E-state index in [4.69, 9.17) is 5.73 Å². The van der Waals surface area contributed by atoms with Crippen molar-refractivity contribution in [2.45, 2.75) is 16.7 Å². The molecule has 0 aliphatic heterocycles. The summed E-state index contributed by atoms with van der Waals surface area (Å²) in [5.74, 6) is 4.64. The smallest absolute Gasteiger partial charge is 0.249 e. The lowest BCUT2D eigenvalue weighted by Crippen LogP contribution is -2.18. The number of hydrogen-bond acceptors (Lipinski definition) is 6. The normalized spacial score (nSPS) is 12.5. The fourth-order valence-electron chi connectivity index (χ4n) is 2.22. The molecule has 0 aliphatic rings. The number of sulfonamides is 1. The molecular formula is C18H18BrN5O2S2. The zero-order chi connectivity index (χ0) is 20.3. The number of aromatic nitrogens is 2. The highest BCUT2D eigenvalue weighted by molar-refractivity contribution is 9.10. The molecule has 28 heavy (non-hydrogen) atoms. The molecule has 0 bridgehead atoms. The lowest BCUT2D eigenvalue weighted by atomic mass is 10.2. The van der Waals surface area contributed by atoms with Gasteiger partial charge in [-0.25, -0.2) is 13.4 Å². The van der Waals surface area contributed by atoms with Gasteiger partial charge < -0.3 is 11.1 Å². The minimum atomic E-state index is -3.65. The summed E-state index contributed by atoms with van der Waals surface area (Å²) in [5.41, 5.74) is 7.48. The summed E-state index contributed by atoms with van der Waals surface area (Å²) in [6.45, 7) is 1.90. The van der Waals surface area contributed by atoms with E-state index in [2.05, 4.69) is 41.2 Å². The average Bonchev–Trinajstić information content (AvgIpc) is 2.65. The van der Waals surface area contributed by atoms with Crippen LogP contribution in [0.3, 0.4) is 0 Å². The summed E-state index contributed by atoms with van der Waals surface area (Å²) in [6.07, 6.45) is 1.56. The lowest BCUT2D eigenvalue weighted by Gasteiger charge is -2.12. The van der Waals surface area contributed by atoms with Gasteiger partial charge in [0.15, 0.2) is 0 Å². The molecule has 7 nitrogen and oxygen atoms in total. The van der Waals surface area contributed by atoms with Crippen molar-refractivity contribution in [2.24, 2.45) is 0 Å². The van der Waals surface area contributed by atoms with E-state index >= 15 is 0 Å². The Kier molecular flexibility index (Phi) is 6.14. The Hall–Kier alpha value is -2.27. The van der Waals surface area contributed by atoms with Crippen molar-refractivity contribution < 1.29 is 8.42 Å². The van der Waals surface area contributed by atoms with Crippen LogP contribution in [0.2, 0.25) is 0 Å². The third-order valence-corrected chi connectivity index (χ3v) is 7.74. The molecule has 0 fully saturated rings. The first-order valence-corrected chi connectivity index (χ1v) is 11.7. The number of nitrogen functional groups attached to an aromatic ring is 1. The molecule has 0 aliphatic carbocycles. The van der Waals surface area contributed by atoms with E-state index in [1.165, 1.54) is 0 Å². The van der Waals surface area contributed by atoms with Gasteiger partial charge >= 0.3 is 0 Å². The number of nitrogens with one attached hydrogen (secondary N) is 2. The molecular weight excluding hydrogens is 462 g/mol. The highest BCUT2D eigenvalue weighted by atomic mass is 79.9. The maximum absolute atomic E-state index is 12.5. The Balaban J connectivity index is 1.71. The molecule has 146 valence electrons. The third-order valence-electron chi connectivity index (χ3n) is 3.71. The zero-order valence-electron chi connectivity index (χ0n) is 14.9. The van der Waals surface area contributed by atoms with Crippen LogP contribution in [0.15, 0.2) is 69.0 Å². The molecule has 0 saturated carbocycles. The predicted molar refractivity (Wildman–Crippen MR) is 118 cm³/mol. The lowest BCUT2D eigenvalue weighted by molar-refractivity contribution is 0.594. The highest BCUT2D eigenvalue weighted by Gasteiger charge is 2.15. The van der Waals surface area contributed by atoms with Crippen molar-refractivity contribution in [2.75, 3.05) is 11.1 Å². The number of hydrogen-bond donors (Lipinski definition) is 3. The SMILES string of the molecule is C=S(NS(=O)(=O)c1ccc(C)cc1)c1ccc(Nc2ncc(Br)c(N)n2)cc1. The zero-order valence-corrected chi connectivity index (χ0v) is 18.1. The van der Waals surface area contributed by atoms with Crippen molar-refractivity contribution in [3.8, 4) is 0 Å². The number of aryl methyl sites for hydroxylation is 1. The molecule has 1 atom stereocenters. The Morgan fingerprint density at radius 2 is 1.75 bits per heavy atom. The molecule has 3 rings (SSSR count). The van der Waals surface area contributed by atoms with Crippen LogP contribution in [0.4, 0.5) is 17.5 Å². The van der Waals surface area contributed by atoms with Crippen LogP contribution in [0.1, 0.15) is 5.56 Å². The number of halogens is 1. The number of benzene rings is 2. The monoisotopic (exact) mass is 479 g/mol. The van der Waals surface area contributed by atoms with Gasteiger partial charge in [0.1, 0.15) is 5.82 Å². The van der Waals surface area contributed by atoms with Crippen molar-refractivity contribution in [3.63, 3.8) is 0 Å². The molecule has 4 N–H and O–H groups in total. The van der Waals surface area contributed by atoms with Crippen molar-refractivity contribution in [1.29, 1.82) is 0 Å². The van der Waals surface area contributed by atoms with Crippen LogP contribution < -0.4 is 15.2 Å². The van der Waals surface area contributed by atoms with E-state index in [1.54, 1.807) is 54.7 Å². The van der Waals surface area contributed by atoms with E-state index < -0.39 is 20.7 Å². The second-order valence-corrected chi connectivity index (χ2v) is 10.1. The number of nitrogens with zero attached hydrogens (tertiary/aromatic N) is 2. The number of nitrogens with two attached hydrogens (primary N) is 1. The van der Waals surface area contributed by atoms with E-state index in [0.29, 0.717) is 16.2 Å². The van der Waals surface area contributed by atoms with Crippen LogP contribution in [0.5, 0.6) is 0 Å². The maximum atomic E-state index is 12.5. The fraction of sp³-hybridized carbons (Fsp3) is 0.0556. The molecule has 2 aromatic carbocycles. The second-order valence-electron chi connectivity index (χ2n) is 5.87. The molecule has 1 aromatic heterocycles. The Morgan fingerprint density at radius 1 is 1.11 bits per heavy atom. The number of rotatable bonds is 6. The molecule has 0 spiro atoms. The van der Waals surface area contributed by atoms with E-state index in [9.17, 15) is 8.42 Å². The van der Waals surface area contributed by atoms with Crippen LogP contribution in [-0.2, 0) is 10.0 Å². The van der Waals surface area contributed by atoms with Crippen LogP contribution >= 0.6 is 26.6 Å². The van der Waals surface area contributed by atoms with Gasteiger partial charge in [-0.15, -0.1) is 0 Å². The standard InChI is InChI=1S/C18H18BrN5O2S2/c1-12-3-9-15(10-4-12)28(25,26)24-27(2)14-7-5-13(6-8-14)22-18-21-11-16(19)17(20)23-18/h3-11,24H,2H2,1H3,(H3,20,21,22,23). The van der Waals surface area contributed by atoms with Crippen molar-refractivity contribution in [3.05, 3.63) is 64.8 Å². The molecule has 10 heteroatoms. The molecule has 0 saturated heterocycles. The van der Waals surface area contributed by atoms with Gasteiger partial charge in [-0.3, -0.25) is 0 Å². The number of anilines is 3. The summed E-state index contributed by atoms with van der Waals surface area (Å²) >= 11 is 3.24. The van der Waals surface area contributed by atoms with Crippen molar-refractivity contribution in [1.82, 2.24) is 14.1 Å². The second kappa shape index (κ2) is 8.39. The summed E-state index contributed by atoms with van der Waals surface area (Å²) in [6, 6.07) is 13.8. The predicted octanol–water partition coefficient (Wildman–Crippen LogP) is 3.83. The molecule has 0 amide bonds. The largest absolute Gasteiger partial charge is 0.383 e. The molecule has 0 radical (unpaired) electrons. The Morgan fingerprint density at radius 3 is 2.36 bits per heavy atom. The molecule has 1 heterocycles. The highest BCUT2D eigenvalue weighted by Crippen LogP contribution is 2.26. The summed E-state index contributed by atoms with van der Waals surface area (Å²) in [7, 11) is -4.59. The molecule has 1 unspecified atom stereocenters. The van der Waals surface area contributed by atoms with Crippen LogP contribution in [0.25, 0.3) is 0 Å². The summed E-state index contributed by atoms with van der Waals surface area (Å²) < 4.78 is 28.2. The van der Waals surface area contributed by atoms with E-state index in [-0.39, 0.29) is 4.90 Å². The average molecular weight is 480 g/mol. The van der Waals surface area contributed by atoms with Crippen LogP contribution in [-0.4, -0.2) is 24.3 Å². The van der Waals surface area contributed by atoms with Crippen molar-refractivity contribution >= 4 is 59.9 Å². The minimum Gasteiger partial charge on any atom is -0.383 e. The van der Waals surface area contributed by atoms with Gasteiger partial charge in [0.25, 0.3) is 0 Å². The Labute approximate surface area is 174 Å². The van der Waals surface area contributed by atoms with E-state index in [0.717, 1.165) is 16.1 Å². The van der Waals surface area contributed by atoms with Gasteiger partial charge in [0.2, 0.25) is 16.0 Å². The van der Waals surface area contributed by atoms with Gasteiger partial charge in [-0.2, -0.15) is 9.11 Å². The minimum absolute atomic E-state index is 0.211. The van der Waals surface area contributed by atoms with Gasteiger partial charge in [-0.1, -0.05) is 34.2 Å². The third kappa shape index (κ3) is 4.96. The van der Waals surface area contributed by atoms with Gasteiger partial charge in [-0.05, 0) is 59.3 Å². The molecule has 3 aromatic rings. The first-order valence-electron chi connectivity index (χ1n) is 8.03. The topological polar surface area (TPSA) is 110 Å². The van der Waals surface area contributed by atoms with Gasteiger partial charge in [0, 0.05) is 16.8 Å².